The second kappa shape index (κ2) is 9.05. The summed E-state index contributed by atoms with van der Waals surface area (Å²) in [5.41, 5.74) is 5.74. The molecule has 0 radical (unpaired) electrons. The van der Waals surface area contributed by atoms with E-state index >= 15 is 0 Å². The molecule has 1 N–H and O–H groups in total. The second-order valence-corrected chi connectivity index (χ2v) is 7.45. The lowest BCUT2D eigenvalue weighted by molar-refractivity contribution is -0.116. The maximum absolute atomic E-state index is 12.3. The Bertz CT molecular complexity index is 762. The van der Waals surface area contributed by atoms with Crippen molar-refractivity contribution in [2.24, 2.45) is 0 Å². The van der Waals surface area contributed by atoms with Crippen LogP contribution < -0.4 is 10.2 Å². The Kier molecular flexibility index (Phi) is 6.51. The van der Waals surface area contributed by atoms with Gasteiger partial charge in [-0.1, -0.05) is 36.8 Å². The molecular formula is C23H31N3O. The summed E-state index contributed by atoms with van der Waals surface area (Å²) in [6.45, 7) is 11.9. The summed E-state index contributed by atoms with van der Waals surface area (Å²) in [6.07, 6.45) is 1.27. The van der Waals surface area contributed by atoms with Crippen LogP contribution >= 0.6 is 0 Å². The molecule has 0 atom stereocenters. The van der Waals surface area contributed by atoms with E-state index in [1.165, 1.54) is 16.8 Å². The van der Waals surface area contributed by atoms with Crippen LogP contribution in [-0.4, -0.2) is 43.5 Å². The first-order valence-electron chi connectivity index (χ1n) is 9.98. The van der Waals surface area contributed by atoms with Crippen LogP contribution in [0.3, 0.4) is 0 Å². The third-order valence-electron chi connectivity index (χ3n) is 5.43. The molecule has 0 unspecified atom stereocenters. The third-order valence-corrected chi connectivity index (χ3v) is 5.43. The van der Waals surface area contributed by atoms with Crippen molar-refractivity contribution in [1.82, 2.24) is 4.90 Å². The van der Waals surface area contributed by atoms with E-state index in [9.17, 15) is 4.79 Å². The highest BCUT2D eigenvalue weighted by Crippen LogP contribution is 2.24. The molecule has 1 amide bonds. The Balaban J connectivity index is 1.54. The average molecular weight is 366 g/mol. The van der Waals surface area contributed by atoms with E-state index in [0.717, 1.165) is 50.4 Å². The number of anilines is 2. The van der Waals surface area contributed by atoms with E-state index in [0.29, 0.717) is 6.42 Å². The van der Waals surface area contributed by atoms with Gasteiger partial charge in [-0.05, 0) is 56.1 Å². The van der Waals surface area contributed by atoms with Crippen molar-refractivity contribution in [2.75, 3.05) is 42.9 Å². The molecule has 4 nitrogen and oxygen atoms in total. The summed E-state index contributed by atoms with van der Waals surface area (Å²) in [7, 11) is 0. The van der Waals surface area contributed by atoms with Gasteiger partial charge in [-0.3, -0.25) is 4.79 Å². The highest BCUT2D eigenvalue weighted by atomic mass is 16.1. The molecule has 1 fully saturated rings. The van der Waals surface area contributed by atoms with Crippen LogP contribution in [0.2, 0.25) is 0 Å². The molecular weight excluding hydrogens is 334 g/mol. The second-order valence-electron chi connectivity index (χ2n) is 7.45. The average Bonchev–Trinajstić information content (AvgIpc) is 2.69. The fourth-order valence-electron chi connectivity index (χ4n) is 3.53. The lowest BCUT2D eigenvalue weighted by Crippen LogP contribution is -2.46. The number of aryl methyl sites for hydroxylation is 3. The number of piperazine rings is 1. The Morgan fingerprint density at radius 3 is 2.33 bits per heavy atom. The monoisotopic (exact) mass is 365 g/mol. The van der Waals surface area contributed by atoms with E-state index in [4.69, 9.17) is 0 Å². The minimum Gasteiger partial charge on any atom is -0.369 e. The fourth-order valence-corrected chi connectivity index (χ4v) is 3.53. The molecule has 0 saturated carbocycles. The number of rotatable bonds is 6. The summed E-state index contributed by atoms with van der Waals surface area (Å²) in [5.74, 6) is 0.0722. The summed E-state index contributed by atoms with van der Waals surface area (Å²) < 4.78 is 0. The van der Waals surface area contributed by atoms with Crippen molar-refractivity contribution in [3.8, 4) is 0 Å². The lowest BCUT2D eigenvalue weighted by Gasteiger charge is -2.35. The zero-order valence-electron chi connectivity index (χ0n) is 16.8. The van der Waals surface area contributed by atoms with E-state index in [1.807, 2.05) is 6.07 Å². The van der Waals surface area contributed by atoms with Gasteiger partial charge in [0, 0.05) is 44.0 Å². The topological polar surface area (TPSA) is 35.6 Å². The van der Waals surface area contributed by atoms with E-state index in [1.54, 1.807) is 0 Å². The minimum atomic E-state index is 0.0722. The molecule has 0 aromatic heterocycles. The normalized spacial score (nSPS) is 15.0. The Labute approximate surface area is 163 Å². The van der Waals surface area contributed by atoms with Crippen molar-refractivity contribution in [1.29, 1.82) is 0 Å². The predicted molar refractivity (Wildman–Crippen MR) is 114 cm³/mol. The number of nitrogens with one attached hydrogen (secondary N) is 1. The molecule has 144 valence electrons. The van der Waals surface area contributed by atoms with Gasteiger partial charge in [0.2, 0.25) is 5.91 Å². The van der Waals surface area contributed by atoms with Gasteiger partial charge >= 0.3 is 0 Å². The zero-order valence-corrected chi connectivity index (χ0v) is 16.8. The molecule has 4 heteroatoms. The highest BCUT2D eigenvalue weighted by molar-refractivity contribution is 5.91. The predicted octanol–water partition coefficient (Wildman–Crippen LogP) is 4.02. The largest absolute Gasteiger partial charge is 0.369 e. The SMILES string of the molecule is CCN1CCN(c2ccc(NC(=O)CCc3ccc(C)cc3)c(C)c2)CC1. The van der Waals surface area contributed by atoms with Gasteiger partial charge < -0.3 is 15.1 Å². The van der Waals surface area contributed by atoms with Crippen LogP contribution in [0.5, 0.6) is 0 Å². The zero-order chi connectivity index (χ0) is 19.2. The maximum atomic E-state index is 12.3. The molecule has 0 spiro atoms. The van der Waals surface area contributed by atoms with Gasteiger partial charge in [0.25, 0.3) is 0 Å². The number of likely N-dealkylation sites (N-methyl/N-ethyl adjacent to an activating group) is 1. The first kappa shape index (κ1) is 19.4. The summed E-state index contributed by atoms with van der Waals surface area (Å²) >= 11 is 0. The minimum absolute atomic E-state index is 0.0722. The Hall–Kier alpha value is -2.33. The molecule has 1 heterocycles. The summed E-state index contributed by atoms with van der Waals surface area (Å²) in [4.78, 5) is 17.2. The Morgan fingerprint density at radius 1 is 1.00 bits per heavy atom. The van der Waals surface area contributed by atoms with Crippen LogP contribution in [0.25, 0.3) is 0 Å². The number of hydrogen-bond acceptors (Lipinski definition) is 3. The van der Waals surface area contributed by atoms with Gasteiger partial charge in [0.15, 0.2) is 0 Å². The van der Waals surface area contributed by atoms with Crippen LogP contribution in [0.1, 0.15) is 30.0 Å². The molecule has 2 aromatic rings. The smallest absolute Gasteiger partial charge is 0.224 e. The van der Waals surface area contributed by atoms with Gasteiger partial charge in [-0.25, -0.2) is 0 Å². The molecule has 0 aliphatic carbocycles. The molecule has 0 bridgehead atoms. The molecule has 1 saturated heterocycles. The summed E-state index contributed by atoms with van der Waals surface area (Å²) in [5, 5.41) is 3.07. The van der Waals surface area contributed by atoms with E-state index < -0.39 is 0 Å². The van der Waals surface area contributed by atoms with Crippen LogP contribution in [0, 0.1) is 13.8 Å². The molecule has 3 rings (SSSR count). The maximum Gasteiger partial charge on any atom is 0.224 e. The number of hydrogen-bond donors (Lipinski definition) is 1. The molecule has 27 heavy (non-hydrogen) atoms. The highest BCUT2D eigenvalue weighted by Gasteiger charge is 2.16. The Morgan fingerprint density at radius 2 is 1.70 bits per heavy atom. The van der Waals surface area contributed by atoms with Crippen LogP contribution in [0.4, 0.5) is 11.4 Å². The first-order chi connectivity index (χ1) is 13.0. The van der Waals surface area contributed by atoms with E-state index in [2.05, 4.69) is 72.3 Å². The van der Waals surface area contributed by atoms with Gasteiger partial charge in [0.05, 0.1) is 0 Å². The van der Waals surface area contributed by atoms with Gasteiger partial charge in [0.1, 0.15) is 0 Å². The van der Waals surface area contributed by atoms with Gasteiger partial charge in [-0.15, -0.1) is 0 Å². The van der Waals surface area contributed by atoms with Gasteiger partial charge in [-0.2, -0.15) is 0 Å². The number of carbonyl (C=O) groups excluding carboxylic acids is 1. The number of nitrogens with zero attached hydrogens (tertiary/aromatic N) is 2. The third kappa shape index (κ3) is 5.33. The quantitative estimate of drug-likeness (QED) is 0.840. The van der Waals surface area contributed by atoms with Crippen molar-refractivity contribution >= 4 is 17.3 Å². The first-order valence-corrected chi connectivity index (χ1v) is 9.98. The van der Waals surface area contributed by atoms with E-state index in [-0.39, 0.29) is 5.91 Å². The fraction of sp³-hybridized carbons (Fsp3) is 0.435. The van der Waals surface area contributed by atoms with Crippen LogP contribution in [0.15, 0.2) is 42.5 Å². The lowest BCUT2D eigenvalue weighted by atomic mass is 10.1. The van der Waals surface area contributed by atoms with Crippen molar-refractivity contribution in [3.05, 3.63) is 59.2 Å². The molecule has 1 aliphatic heterocycles. The number of amides is 1. The molecule has 1 aliphatic rings. The number of benzene rings is 2. The van der Waals surface area contributed by atoms with Crippen molar-refractivity contribution in [2.45, 2.75) is 33.6 Å². The summed E-state index contributed by atoms with van der Waals surface area (Å²) in [6, 6.07) is 14.7. The standard InChI is InChI=1S/C23H31N3O/c1-4-25-13-15-26(16-14-25)21-10-11-22(19(3)17-21)24-23(27)12-9-20-7-5-18(2)6-8-20/h5-8,10-11,17H,4,9,12-16H2,1-3H3,(H,24,27). The van der Waals surface area contributed by atoms with Crippen molar-refractivity contribution < 1.29 is 4.79 Å². The number of carbonyl (C=O) groups is 1. The molecule has 2 aromatic carbocycles. The van der Waals surface area contributed by atoms with Crippen LogP contribution in [-0.2, 0) is 11.2 Å². The van der Waals surface area contributed by atoms with Crippen molar-refractivity contribution in [3.63, 3.8) is 0 Å².